The highest BCUT2D eigenvalue weighted by atomic mass is 32.2. The number of pyridine rings is 1. The van der Waals surface area contributed by atoms with Crippen LogP contribution in [-0.4, -0.2) is 71.6 Å². The van der Waals surface area contributed by atoms with Crippen molar-refractivity contribution in [3.63, 3.8) is 0 Å². The number of aromatic nitrogens is 1. The van der Waals surface area contributed by atoms with E-state index in [1.807, 2.05) is 29.2 Å². The molecule has 8 heteroatoms. The monoisotopic (exact) mass is 480 g/mol. The van der Waals surface area contributed by atoms with Gasteiger partial charge in [0.1, 0.15) is 5.82 Å². The second kappa shape index (κ2) is 11.9. The third-order valence-corrected chi connectivity index (χ3v) is 6.96. The fourth-order valence-corrected chi connectivity index (χ4v) is 5.02. The highest BCUT2D eigenvalue weighted by Crippen LogP contribution is 2.27. The maximum Gasteiger partial charge on any atom is 0.234 e. The lowest BCUT2D eigenvalue weighted by Crippen LogP contribution is -2.40. The number of carbonyl (C=O) groups is 2. The molecular formula is C26H29FN4O2S. The molecule has 1 fully saturated rings. The number of hydrogen-bond acceptors (Lipinski definition) is 5. The first-order valence-corrected chi connectivity index (χ1v) is 12.5. The second-order valence-electron chi connectivity index (χ2n) is 8.36. The first-order chi connectivity index (χ1) is 16.6. The number of thioether (sulfide) groups is 1. The molecule has 0 saturated carbocycles. The first kappa shape index (κ1) is 24.2. The van der Waals surface area contributed by atoms with Crippen LogP contribution < -0.4 is 5.32 Å². The summed E-state index contributed by atoms with van der Waals surface area (Å²) in [4.78, 5) is 34.3. The summed E-state index contributed by atoms with van der Waals surface area (Å²) in [6.45, 7) is 3.70. The van der Waals surface area contributed by atoms with Gasteiger partial charge in [-0.1, -0.05) is 30.3 Å². The highest BCUT2D eigenvalue weighted by Gasteiger charge is 2.21. The Balaban J connectivity index is 1.22. The number of carbonyl (C=O) groups excluding carboxylic acids is 2. The summed E-state index contributed by atoms with van der Waals surface area (Å²) in [5.41, 5.74) is 1.92. The molecule has 0 radical (unpaired) electrons. The summed E-state index contributed by atoms with van der Waals surface area (Å²) >= 11 is 1.41. The van der Waals surface area contributed by atoms with Crippen LogP contribution in [-0.2, 0) is 16.0 Å². The second-order valence-corrected chi connectivity index (χ2v) is 9.37. The van der Waals surface area contributed by atoms with Crippen molar-refractivity contribution in [1.29, 1.82) is 0 Å². The molecule has 1 N–H and O–H groups in total. The summed E-state index contributed by atoms with van der Waals surface area (Å²) < 4.78 is 13.7. The van der Waals surface area contributed by atoms with Gasteiger partial charge in [0.25, 0.3) is 0 Å². The zero-order valence-electron chi connectivity index (χ0n) is 19.1. The largest absolute Gasteiger partial charge is 0.355 e. The molecule has 1 aliphatic rings. The van der Waals surface area contributed by atoms with E-state index in [9.17, 15) is 14.0 Å². The van der Waals surface area contributed by atoms with Gasteiger partial charge >= 0.3 is 0 Å². The van der Waals surface area contributed by atoms with Gasteiger partial charge in [0.2, 0.25) is 11.8 Å². The minimum absolute atomic E-state index is 0.0167. The lowest BCUT2D eigenvalue weighted by Gasteiger charge is -2.21. The van der Waals surface area contributed by atoms with Gasteiger partial charge in [-0.2, -0.15) is 0 Å². The van der Waals surface area contributed by atoms with Gasteiger partial charge in [0, 0.05) is 49.2 Å². The molecule has 178 valence electrons. The predicted octanol–water partition coefficient (Wildman–Crippen LogP) is 3.36. The molecule has 1 aliphatic heterocycles. The van der Waals surface area contributed by atoms with E-state index in [4.69, 9.17) is 0 Å². The number of benzene rings is 2. The van der Waals surface area contributed by atoms with E-state index in [1.165, 1.54) is 29.5 Å². The van der Waals surface area contributed by atoms with Crippen LogP contribution in [0.15, 0.2) is 65.7 Å². The predicted molar refractivity (Wildman–Crippen MR) is 133 cm³/mol. The van der Waals surface area contributed by atoms with Gasteiger partial charge in [-0.05, 0) is 42.7 Å². The average Bonchev–Trinajstić information content (AvgIpc) is 3.09. The minimum atomic E-state index is -0.314. The van der Waals surface area contributed by atoms with E-state index >= 15 is 0 Å². The molecule has 2 heterocycles. The molecule has 0 aliphatic carbocycles. The molecule has 34 heavy (non-hydrogen) atoms. The van der Waals surface area contributed by atoms with Crippen molar-refractivity contribution in [2.24, 2.45) is 0 Å². The zero-order valence-corrected chi connectivity index (χ0v) is 19.9. The van der Waals surface area contributed by atoms with Crippen molar-refractivity contribution in [1.82, 2.24) is 20.1 Å². The Kier molecular flexibility index (Phi) is 8.49. The molecule has 3 aromatic rings. The van der Waals surface area contributed by atoms with Crippen LogP contribution in [0.25, 0.3) is 10.9 Å². The zero-order chi connectivity index (χ0) is 23.8. The average molecular weight is 481 g/mol. The Bertz CT molecular complexity index is 1130. The SMILES string of the molecule is O=C(CN1CCCN(C(=O)CSc2ccnc3ccc(F)cc23)CC1)NCCc1ccccc1. The summed E-state index contributed by atoms with van der Waals surface area (Å²) in [5, 5.41) is 3.72. The van der Waals surface area contributed by atoms with Crippen LogP contribution in [0.4, 0.5) is 4.39 Å². The van der Waals surface area contributed by atoms with Crippen LogP contribution >= 0.6 is 11.8 Å². The van der Waals surface area contributed by atoms with Crippen molar-refractivity contribution in [3.8, 4) is 0 Å². The lowest BCUT2D eigenvalue weighted by molar-refractivity contribution is -0.128. The van der Waals surface area contributed by atoms with Crippen molar-refractivity contribution >= 4 is 34.5 Å². The summed E-state index contributed by atoms with van der Waals surface area (Å²) in [6, 6.07) is 16.4. The topological polar surface area (TPSA) is 65.5 Å². The Labute approximate surface area is 203 Å². The van der Waals surface area contributed by atoms with E-state index in [0.29, 0.717) is 38.2 Å². The summed E-state index contributed by atoms with van der Waals surface area (Å²) in [6.07, 6.45) is 3.32. The number of amides is 2. The van der Waals surface area contributed by atoms with Gasteiger partial charge in [-0.3, -0.25) is 19.5 Å². The number of fused-ring (bicyclic) bond motifs is 1. The molecule has 0 bridgehead atoms. The van der Waals surface area contributed by atoms with Gasteiger partial charge in [0.15, 0.2) is 0 Å². The minimum Gasteiger partial charge on any atom is -0.355 e. The fourth-order valence-electron chi connectivity index (χ4n) is 4.08. The van der Waals surface area contributed by atoms with E-state index < -0.39 is 0 Å². The number of nitrogens with zero attached hydrogens (tertiary/aromatic N) is 3. The molecule has 1 saturated heterocycles. The van der Waals surface area contributed by atoms with Crippen molar-refractivity contribution in [2.75, 3.05) is 45.0 Å². The lowest BCUT2D eigenvalue weighted by atomic mass is 10.1. The Morgan fingerprint density at radius 3 is 2.74 bits per heavy atom. The number of halogens is 1. The molecule has 0 unspecified atom stereocenters. The Morgan fingerprint density at radius 2 is 1.88 bits per heavy atom. The van der Waals surface area contributed by atoms with Gasteiger partial charge in [-0.25, -0.2) is 4.39 Å². The Hall–Kier alpha value is -2.97. The van der Waals surface area contributed by atoms with Crippen LogP contribution in [0, 0.1) is 5.82 Å². The number of rotatable bonds is 8. The quantitative estimate of drug-likeness (QED) is 0.501. The maximum absolute atomic E-state index is 13.7. The molecule has 2 aromatic carbocycles. The van der Waals surface area contributed by atoms with Crippen LogP contribution in [0.2, 0.25) is 0 Å². The summed E-state index contributed by atoms with van der Waals surface area (Å²) in [5.74, 6) is 0.0456. The van der Waals surface area contributed by atoms with E-state index in [1.54, 1.807) is 12.3 Å². The third-order valence-electron chi connectivity index (χ3n) is 5.90. The molecule has 4 rings (SSSR count). The molecule has 1 aromatic heterocycles. The number of nitrogens with one attached hydrogen (secondary N) is 1. The molecule has 0 spiro atoms. The summed E-state index contributed by atoms with van der Waals surface area (Å²) in [7, 11) is 0. The Morgan fingerprint density at radius 1 is 1.03 bits per heavy atom. The van der Waals surface area contributed by atoms with Crippen LogP contribution in [0.3, 0.4) is 0 Å². The maximum atomic E-state index is 13.7. The van der Waals surface area contributed by atoms with Crippen LogP contribution in [0.1, 0.15) is 12.0 Å². The van der Waals surface area contributed by atoms with Crippen LogP contribution in [0.5, 0.6) is 0 Å². The van der Waals surface area contributed by atoms with E-state index in [2.05, 4.69) is 27.3 Å². The molecule has 6 nitrogen and oxygen atoms in total. The van der Waals surface area contributed by atoms with Crippen molar-refractivity contribution < 1.29 is 14.0 Å². The first-order valence-electron chi connectivity index (χ1n) is 11.6. The molecule has 2 amide bonds. The normalized spacial score (nSPS) is 14.7. The third kappa shape index (κ3) is 6.77. The van der Waals surface area contributed by atoms with Crippen molar-refractivity contribution in [3.05, 3.63) is 72.2 Å². The van der Waals surface area contributed by atoms with Crippen molar-refractivity contribution in [2.45, 2.75) is 17.7 Å². The van der Waals surface area contributed by atoms with E-state index in [-0.39, 0.29) is 23.4 Å². The van der Waals surface area contributed by atoms with Gasteiger partial charge in [-0.15, -0.1) is 11.8 Å². The standard InChI is InChI=1S/C26H29FN4O2S/c27-21-7-8-23-22(17-21)24(10-12-28-23)34-19-26(33)31-14-4-13-30(15-16-31)18-25(32)29-11-9-20-5-2-1-3-6-20/h1-3,5-8,10,12,17H,4,9,11,13-16,18-19H2,(H,29,32). The van der Waals surface area contributed by atoms with E-state index in [0.717, 1.165) is 29.7 Å². The fraction of sp³-hybridized carbons (Fsp3) is 0.346. The number of hydrogen-bond donors (Lipinski definition) is 1. The van der Waals surface area contributed by atoms with Gasteiger partial charge in [0.05, 0.1) is 17.8 Å². The molecular weight excluding hydrogens is 451 g/mol. The van der Waals surface area contributed by atoms with Gasteiger partial charge < -0.3 is 10.2 Å². The molecule has 0 atom stereocenters. The highest BCUT2D eigenvalue weighted by molar-refractivity contribution is 8.00. The smallest absolute Gasteiger partial charge is 0.234 e.